The molecular weight excluding hydrogens is 472 g/mol. The SMILES string of the molecule is CC=CCOC(=O)Oc1c(C)c(C)c2c(c1C)CCC(C)(CCCC(C)CCCC(C)CCCC(C)C)O2. The van der Waals surface area contributed by atoms with Gasteiger partial charge >= 0.3 is 6.16 Å². The van der Waals surface area contributed by atoms with E-state index in [-0.39, 0.29) is 12.2 Å². The highest BCUT2D eigenvalue weighted by molar-refractivity contribution is 5.68. The molecule has 4 heteroatoms. The van der Waals surface area contributed by atoms with Crippen LogP contribution < -0.4 is 9.47 Å². The first-order valence-corrected chi connectivity index (χ1v) is 15.2. The fourth-order valence-electron chi connectivity index (χ4n) is 5.74. The van der Waals surface area contributed by atoms with Crippen molar-refractivity contribution < 1.29 is 19.0 Å². The molecule has 3 unspecified atom stereocenters. The summed E-state index contributed by atoms with van der Waals surface area (Å²) in [5.74, 6) is 4.07. The number of benzene rings is 1. The van der Waals surface area contributed by atoms with E-state index in [4.69, 9.17) is 14.2 Å². The Morgan fingerprint density at radius 3 is 2.13 bits per heavy atom. The van der Waals surface area contributed by atoms with E-state index in [0.29, 0.717) is 5.75 Å². The quantitative estimate of drug-likeness (QED) is 0.129. The molecule has 0 amide bonds. The first kappa shape index (κ1) is 32.2. The van der Waals surface area contributed by atoms with Gasteiger partial charge in [-0.3, -0.25) is 0 Å². The average Bonchev–Trinajstić information content (AvgIpc) is 2.85. The summed E-state index contributed by atoms with van der Waals surface area (Å²) in [5.41, 5.74) is 4.01. The summed E-state index contributed by atoms with van der Waals surface area (Å²) < 4.78 is 17.5. The average molecular weight is 529 g/mol. The van der Waals surface area contributed by atoms with E-state index in [1.54, 1.807) is 6.08 Å². The third-order valence-corrected chi connectivity index (χ3v) is 8.56. The molecule has 1 aromatic rings. The standard InChI is InChI=1S/C34H56O4/c1-10-11-23-36-33(35)37-31-27(6)28(7)32-30(29(31)8)20-22-34(9,38-32)21-14-19-26(5)18-13-17-25(4)16-12-15-24(2)3/h10-11,24-26H,12-23H2,1-9H3. The van der Waals surface area contributed by atoms with Crippen molar-refractivity contribution in [3.05, 3.63) is 34.4 Å². The van der Waals surface area contributed by atoms with Crippen molar-refractivity contribution in [1.82, 2.24) is 0 Å². The van der Waals surface area contributed by atoms with E-state index in [1.807, 2.05) is 26.8 Å². The third kappa shape index (κ3) is 9.97. The van der Waals surface area contributed by atoms with Crippen LogP contribution in [0.4, 0.5) is 4.79 Å². The van der Waals surface area contributed by atoms with Gasteiger partial charge in [-0.2, -0.15) is 0 Å². The van der Waals surface area contributed by atoms with Crippen molar-refractivity contribution in [3.63, 3.8) is 0 Å². The van der Waals surface area contributed by atoms with Crippen LogP contribution >= 0.6 is 0 Å². The predicted molar refractivity (Wildman–Crippen MR) is 160 cm³/mol. The summed E-state index contributed by atoms with van der Waals surface area (Å²) in [7, 11) is 0. The summed E-state index contributed by atoms with van der Waals surface area (Å²) in [6.45, 7) is 20.0. The Hall–Kier alpha value is -1.97. The molecule has 3 atom stereocenters. The van der Waals surface area contributed by atoms with Crippen molar-refractivity contribution in [2.24, 2.45) is 17.8 Å². The van der Waals surface area contributed by atoms with E-state index in [2.05, 4.69) is 41.5 Å². The van der Waals surface area contributed by atoms with Gasteiger partial charge in [-0.15, -0.1) is 0 Å². The van der Waals surface area contributed by atoms with Gasteiger partial charge in [0.2, 0.25) is 0 Å². The lowest BCUT2D eigenvalue weighted by Crippen LogP contribution is -2.37. The van der Waals surface area contributed by atoms with Crippen LogP contribution in [0.25, 0.3) is 0 Å². The zero-order chi connectivity index (χ0) is 28.3. The second kappa shape index (κ2) is 15.6. The summed E-state index contributed by atoms with van der Waals surface area (Å²) in [4.78, 5) is 12.2. The Morgan fingerprint density at radius 1 is 0.921 bits per heavy atom. The highest BCUT2D eigenvalue weighted by Crippen LogP contribution is 2.45. The molecule has 216 valence electrons. The Bertz CT molecular complexity index is 916. The summed E-state index contributed by atoms with van der Waals surface area (Å²) in [6, 6.07) is 0. The lowest BCUT2D eigenvalue weighted by atomic mass is 9.83. The second-order valence-electron chi connectivity index (χ2n) is 12.7. The van der Waals surface area contributed by atoms with Crippen LogP contribution in [0.15, 0.2) is 12.2 Å². The van der Waals surface area contributed by atoms with Gasteiger partial charge in [0.05, 0.1) is 0 Å². The van der Waals surface area contributed by atoms with Crippen molar-refractivity contribution in [3.8, 4) is 11.5 Å². The Labute approximate surface area is 233 Å². The van der Waals surface area contributed by atoms with Gasteiger partial charge in [-0.05, 0) is 94.7 Å². The predicted octanol–water partition coefficient (Wildman–Crippen LogP) is 10.2. The zero-order valence-corrected chi connectivity index (χ0v) is 26.0. The van der Waals surface area contributed by atoms with Crippen LogP contribution in [0.2, 0.25) is 0 Å². The minimum atomic E-state index is -0.662. The largest absolute Gasteiger partial charge is 0.514 e. The van der Waals surface area contributed by atoms with E-state index >= 15 is 0 Å². The van der Waals surface area contributed by atoms with Gasteiger partial charge in [0.1, 0.15) is 23.7 Å². The molecule has 1 aromatic carbocycles. The van der Waals surface area contributed by atoms with E-state index in [1.165, 1.54) is 51.4 Å². The van der Waals surface area contributed by atoms with Crippen LogP contribution in [0.3, 0.4) is 0 Å². The van der Waals surface area contributed by atoms with Crippen LogP contribution in [-0.4, -0.2) is 18.4 Å². The van der Waals surface area contributed by atoms with Gasteiger partial charge in [-0.25, -0.2) is 4.79 Å². The topological polar surface area (TPSA) is 44.8 Å². The molecule has 38 heavy (non-hydrogen) atoms. The lowest BCUT2D eigenvalue weighted by Gasteiger charge is -2.38. The van der Waals surface area contributed by atoms with Crippen molar-refractivity contribution in [2.75, 3.05) is 6.61 Å². The smallest absolute Gasteiger partial charge is 0.487 e. The number of fused-ring (bicyclic) bond motifs is 1. The molecule has 0 aliphatic carbocycles. The minimum Gasteiger partial charge on any atom is -0.487 e. The second-order valence-corrected chi connectivity index (χ2v) is 12.7. The maximum absolute atomic E-state index is 12.2. The molecule has 0 aromatic heterocycles. The van der Waals surface area contributed by atoms with Crippen LogP contribution in [0.1, 0.15) is 128 Å². The molecule has 0 fully saturated rings. The van der Waals surface area contributed by atoms with Gasteiger partial charge in [0.15, 0.2) is 0 Å². The maximum Gasteiger partial charge on any atom is 0.514 e. The molecule has 2 rings (SSSR count). The normalized spacial score (nSPS) is 18.8. The van der Waals surface area contributed by atoms with Crippen molar-refractivity contribution >= 4 is 6.16 Å². The summed E-state index contributed by atoms with van der Waals surface area (Å²) >= 11 is 0. The van der Waals surface area contributed by atoms with Crippen molar-refractivity contribution in [2.45, 2.75) is 139 Å². The third-order valence-electron chi connectivity index (χ3n) is 8.56. The van der Waals surface area contributed by atoms with Crippen LogP contribution in [0, 0.1) is 38.5 Å². The number of carbonyl (C=O) groups excluding carboxylic acids is 1. The van der Waals surface area contributed by atoms with Crippen LogP contribution in [0.5, 0.6) is 11.5 Å². The van der Waals surface area contributed by atoms with Gasteiger partial charge < -0.3 is 14.2 Å². The molecule has 1 aliphatic heterocycles. The molecule has 0 spiro atoms. The van der Waals surface area contributed by atoms with Gasteiger partial charge in [0, 0.05) is 5.56 Å². The molecule has 1 aliphatic rings. The molecular formula is C34H56O4. The number of ether oxygens (including phenoxy) is 3. The van der Waals surface area contributed by atoms with Crippen LogP contribution in [-0.2, 0) is 11.2 Å². The molecule has 0 saturated carbocycles. The number of carbonyl (C=O) groups is 1. The Kier molecular flexibility index (Phi) is 13.2. The van der Waals surface area contributed by atoms with E-state index in [9.17, 15) is 4.79 Å². The highest BCUT2D eigenvalue weighted by atomic mass is 16.7. The number of allylic oxidation sites excluding steroid dienone is 1. The number of hydrogen-bond acceptors (Lipinski definition) is 4. The Morgan fingerprint density at radius 2 is 1.53 bits per heavy atom. The summed E-state index contributed by atoms with van der Waals surface area (Å²) in [5, 5.41) is 0. The summed E-state index contributed by atoms with van der Waals surface area (Å²) in [6.07, 6.45) is 16.6. The van der Waals surface area contributed by atoms with Gasteiger partial charge in [-0.1, -0.05) is 84.8 Å². The first-order valence-electron chi connectivity index (χ1n) is 15.2. The van der Waals surface area contributed by atoms with Gasteiger partial charge in [0.25, 0.3) is 0 Å². The Balaban J connectivity index is 1.86. The first-order chi connectivity index (χ1) is 18.0. The fraction of sp³-hybridized carbons (Fsp3) is 0.735. The monoisotopic (exact) mass is 528 g/mol. The minimum absolute atomic E-state index is 0.144. The number of hydrogen-bond donors (Lipinski definition) is 0. The molecule has 1 heterocycles. The van der Waals surface area contributed by atoms with Crippen molar-refractivity contribution in [1.29, 1.82) is 0 Å². The number of rotatable bonds is 15. The zero-order valence-electron chi connectivity index (χ0n) is 26.0. The fourth-order valence-corrected chi connectivity index (χ4v) is 5.74. The molecule has 0 radical (unpaired) electrons. The highest BCUT2D eigenvalue weighted by Gasteiger charge is 2.35. The maximum atomic E-state index is 12.2. The lowest BCUT2D eigenvalue weighted by molar-refractivity contribution is 0.0510. The van der Waals surface area contributed by atoms with E-state index in [0.717, 1.165) is 65.0 Å². The molecule has 4 nitrogen and oxygen atoms in total. The molecule has 0 bridgehead atoms. The molecule has 0 saturated heterocycles. The molecule has 0 N–H and O–H groups in total. The van der Waals surface area contributed by atoms with E-state index < -0.39 is 6.16 Å².